The third-order valence-corrected chi connectivity index (χ3v) is 3.19. The highest BCUT2D eigenvalue weighted by molar-refractivity contribution is 9.10. The van der Waals surface area contributed by atoms with E-state index in [4.69, 9.17) is 12.2 Å². The van der Waals surface area contributed by atoms with E-state index < -0.39 is 0 Å². The Labute approximate surface area is 108 Å². The monoisotopic (exact) mass is 294 g/mol. The third kappa shape index (κ3) is 2.18. The Bertz CT molecular complexity index is 551. The maximum atomic E-state index is 5.21. The number of allylic oxidation sites excluding steroid dienone is 1. The molecule has 0 spiro atoms. The summed E-state index contributed by atoms with van der Waals surface area (Å²) < 4.78 is 3.81. The molecule has 0 atom stereocenters. The van der Waals surface area contributed by atoms with Gasteiger partial charge < -0.3 is 9.55 Å². The molecule has 0 amide bonds. The molecule has 1 heterocycles. The Hall–Kier alpha value is -1.13. The van der Waals surface area contributed by atoms with E-state index >= 15 is 0 Å². The molecule has 0 aliphatic rings. The highest BCUT2D eigenvalue weighted by Gasteiger charge is 2.04. The summed E-state index contributed by atoms with van der Waals surface area (Å²) in [5, 5.41) is 0. The van der Waals surface area contributed by atoms with Crippen LogP contribution in [-0.2, 0) is 6.54 Å². The zero-order chi connectivity index (χ0) is 11.5. The van der Waals surface area contributed by atoms with Crippen molar-refractivity contribution in [3.63, 3.8) is 0 Å². The number of nitrogens with zero attached hydrogens (tertiary/aromatic N) is 1. The zero-order valence-corrected chi connectivity index (χ0v) is 11.0. The Morgan fingerprint density at radius 2 is 2.06 bits per heavy atom. The molecule has 0 unspecified atom stereocenters. The van der Waals surface area contributed by atoms with Crippen LogP contribution in [0.4, 0.5) is 0 Å². The summed E-state index contributed by atoms with van der Waals surface area (Å²) in [5.74, 6) is 0. The molecule has 1 aromatic carbocycles. The smallest absolute Gasteiger partial charge is 0.177 e. The van der Waals surface area contributed by atoms with Crippen molar-refractivity contribution in [3.05, 3.63) is 52.4 Å². The van der Waals surface area contributed by atoms with Crippen LogP contribution < -0.4 is 0 Å². The molecular weight excluding hydrogens is 284 g/mol. The number of aromatic nitrogens is 2. The van der Waals surface area contributed by atoms with Gasteiger partial charge in [0.05, 0.1) is 5.69 Å². The van der Waals surface area contributed by atoms with E-state index in [1.165, 1.54) is 0 Å². The second kappa shape index (κ2) is 4.80. The number of rotatable bonds is 3. The summed E-state index contributed by atoms with van der Waals surface area (Å²) in [7, 11) is 0. The first-order chi connectivity index (χ1) is 7.72. The maximum Gasteiger partial charge on any atom is 0.177 e. The van der Waals surface area contributed by atoms with Gasteiger partial charge in [0.2, 0.25) is 0 Å². The van der Waals surface area contributed by atoms with Crippen LogP contribution in [0.2, 0.25) is 0 Å². The minimum Gasteiger partial charge on any atom is -0.337 e. The minimum atomic E-state index is 0.716. The number of aromatic amines is 1. The Morgan fingerprint density at radius 1 is 1.38 bits per heavy atom. The summed E-state index contributed by atoms with van der Waals surface area (Å²) >= 11 is 8.64. The van der Waals surface area contributed by atoms with Crippen LogP contribution >= 0.6 is 28.1 Å². The van der Waals surface area contributed by atoms with Crippen molar-refractivity contribution in [3.8, 4) is 11.3 Å². The average Bonchev–Trinajstić information content (AvgIpc) is 2.63. The number of hydrogen-bond donors (Lipinski definition) is 1. The lowest BCUT2D eigenvalue weighted by molar-refractivity contribution is 0.815. The van der Waals surface area contributed by atoms with Gasteiger partial charge in [0.1, 0.15) is 0 Å². The van der Waals surface area contributed by atoms with E-state index in [0.29, 0.717) is 6.54 Å². The normalized spacial score (nSPS) is 10.3. The lowest BCUT2D eigenvalue weighted by Gasteiger charge is -2.05. The van der Waals surface area contributed by atoms with Crippen molar-refractivity contribution < 1.29 is 0 Å². The lowest BCUT2D eigenvalue weighted by Crippen LogP contribution is -1.97. The first-order valence-electron chi connectivity index (χ1n) is 4.87. The topological polar surface area (TPSA) is 20.7 Å². The number of benzene rings is 1. The number of H-pyrrole nitrogens is 1. The van der Waals surface area contributed by atoms with Gasteiger partial charge in [0.25, 0.3) is 0 Å². The minimum absolute atomic E-state index is 0.716. The summed E-state index contributed by atoms with van der Waals surface area (Å²) in [6.07, 6.45) is 3.76. The Kier molecular flexibility index (Phi) is 3.41. The quantitative estimate of drug-likeness (QED) is 0.666. The zero-order valence-electron chi connectivity index (χ0n) is 8.61. The van der Waals surface area contributed by atoms with E-state index in [0.717, 1.165) is 20.5 Å². The third-order valence-electron chi connectivity index (χ3n) is 2.32. The predicted octanol–water partition coefficient (Wildman–Crippen LogP) is 4.16. The molecule has 0 bridgehead atoms. The van der Waals surface area contributed by atoms with Crippen molar-refractivity contribution in [1.29, 1.82) is 0 Å². The predicted molar refractivity (Wildman–Crippen MR) is 72.9 cm³/mol. The van der Waals surface area contributed by atoms with E-state index in [1.807, 2.05) is 29.0 Å². The molecule has 0 fully saturated rings. The fourth-order valence-electron chi connectivity index (χ4n) is 1.57. The number of imidazole rings is 1. The molecule has 82 valence electrons. The van der Waals surface area contributed by atoms with Gasteiger partial charge in [0, 0.05) is 17.2 Å². The first kappa shape index (κ1) is 11.4. The largest absolute Gasteiger partial charge is 0.337 e. The summed E-state index contributed by atoms with van der Waals surface area (Å²) in [6.45, 7) is 4.45. The fraction of sp³-hybridized carbons (Fsp3) is 0.0833. The van der Waals surface area contributed by atoms with Crippen LogP contribution in [0.3, 0.4) is 0 Å². The van der Waals surface area contributed by atoms with E-state index in [2.05, 4.69) is 39.6 Å². The molecule has 2 rings (SSSR count). The highest BCUT2D eigenvalue weighted by Crippen LogP contribution is 2.22. The molecule has 16 heavy (non-hydrogen) atoms. The van der Waals surface area contributed by atoms with Crippen molar-refractivity contribution >= 4 is 28.1 Å². The molecule has 0 aliphatic carbocycles. The maximum absolute atomic E-state index is 5.21. The average molecular weight is 295 g/mol. The molecule has 0 radical (unpaired) electrons. The molecule has 0 saturated heterocycles. The van der Waals surface area contributed by atoms with E-state index in [9.17, 15) is 0 Å². The van der Waals surface area contributed by atoms with Gasteiger partial charge in [0.15, 0.2) is 4.77 Å². The van der Waals surface area contributed by atoms with Crippen molar-refractivity contribution in [2.45, 2.75) is 6.54 Å². The molecule has 4 heteroatoms. The van der Waals surface area contributed by atoms with Crippen molar-refractivity contribution in [2.75, 3.05) is 0 Å². The first-order valence-corrected chi connectivity index (χ1v) is 6.07. The fourth-order valence-corrected chi connectivity index (χ4v) is 2.06. The molecule has 1 aromatic heterocycles. The number of hydrogen-bond acceptors (Lipinski definition) is 1. The molecule has 0 aliphatic heterocycles. The van der Waals surface area contributed by atoms with Crippen LogP contribution in [-0.4, -0.2) is 9.55 Å². The molecule has 1 N–H and O–H groups in total. The van der Waals surface area contributed by atoms with Crippen LogP contribution in [0.25, 0.3) is 11.3 Å². The van der Waals surface area contributed by atoms with Gasteiger partial charge in [-0.1, -0.05) is 34.1 Å². The lowest BCUT2D eigenvalue weighted by atomic mass is 10.2. The van der Waals surface area contributed by atoms with Crippen molar-refractivity contribution in [1.82, 2.24) is 9.55 Å². The standard InChI is InChI=1S/C12H11BrN2S/c1-2-7-15-11(8-14-12(15)16)9-3-5-10(13)6-4-9/h2-6,8H,1,7H2,(H,14,16). The molecule has 0 saturated carbocycles. The summed E-state index contributed by atoms with van der Waals surface area (Å²) in [5.41, 5.74) is 2.22. The number of halogens is 1. The SMILES string of the molecule is C=CCn1c(-c2ccc(Br)cc2)c[nH]c1=S. The van der Waals surface area contributed by atoms with Gasteiger partial charge in [-0.2, -0.15) is 0 Å². The molecule has 2 nitrogen and oxygen atoms in total. The van der Waals surface area contributed by atoms with Crippen molar-refractivity contribution in [2.24, 2.45) is 0 Å². The van der Waals surface area contributed by atoms with Gasteiger partial charge in [-0.05, 0) is 29.9 Å². The van der Waals surface area contributed by atoms with Gasteiger partial charge in [-0.25, -0.2) is 0 Å². The van der Waals surface area contributed by atoms with Gasteiger partial charge >= 0.3 is 0 Å². The molecular formula is C12H11BrN2S. The van der Waals surface area contributed by atoms with Crippen LogP contribution in [0.15, 0.2) is 47.6 Å². The Morgan fingerprint density at radius 3 is 2.69 bits per heavy atom. The van der Waals surface area contributed by atoms with Crippen LogP contribution in [0, 0.1) is 4.77 Å². The van der Waals surface area contributed by atoms with Crippen LogP contribution in [0.5, 0.6) is 0 Å². The van der Waals surface area contributed by atoms with Crippen LogP contribution in [0.1, 0.15) is 0 Å². The second-order valence-electron chi connectivity index (χ2n) is 3.39. The highest BCUT2D eigenvalue weighted by atomic mass is 79.9. The van der Waals surface area contributed by atoms with Gasteiger partial charge in [-0.3, -0.25) is 0 Å². The summed E-state index contributed by atoms with van der Waals surface area (Å²) in [6, 6.07) is 8.15. The second-order valence-corrected chi connectivity index (χ2v) is 4.69. The van der Waals surface area contributed by atoms with E-state index in [1.54, 1.807) is 0 Å². The summed E-state index contributed by atoms with van der Waals surface area (Å²) in [4.78, 5) is 3.05. The number of nitrogens with one attached hydrogen (secondary N) is 1. The Balaban J connectivity index is 2.51. The van der Waals surface area contributed by atoms with E-state index in [-0.39, 0.29) is 0 Å². The molecule has 2 aromatic rings. The van der Waals surface area contributed by atoms with Gasteiger partial charge in [-0.15, -0.1) is 6.58 Å².